The molecule has 0 amide bonds. The Labute approximate surface area is 117 Å². The van der Waals surface area contributed by atoms with E-state index in [2.05, 4.69) is 15.1 Å². The first kappa shape index (κ1) is 14.5. The molecule has 0 unspecified atom stereocenters. The molecule has 0 bridgehead atoms. The summed E-state index contributed by atoms with van der Waals surface area (Å²) < 4.78 is 33.0. The molecule has 0 aliphatic rings. The van der Waals surface area contributed by atoms with Gasteiger partial charge in [0.15, 0.2) is 18.6 Å². The molecule has 7 nitrogen and oxygen atoms in total. The van der Waals surface area contributed by atoms with Gasteiger partial charge in [-0.2, -0.15) is 0 Å². The Balaban J connectivity index is 1.89. The van der Waals surface area contributed by atoms with Crippen molar-refractivity contribution in [3.8, 4) is 11.4 Å². The number of aryl methyl sites for hydroxylation is 1. The van der Waals surface area contributed by atoms with E-state index >= 15 is 0 Å². The highest BCUT2D eigenvalue weighted by molar-refractivity contribution is 7.85. The molecule has 0 saturated heterocycles. The zero-order valence-electron chi connectivity index (χ0n) is 10.7. The van der Waals surface area contributed by atoms with Crippen LogP contribution in [0.5, 0.6) is 0 Å². The van der Waals surface area contributed by atoms with E-state index in [-0.39, 0.29) is 5.75 Å². The molecular weight excluding hydrogens is 280 g/mol. The molecule has 2 rings (SSSR count). The SMILES string of the molecule is O=S(=O)([O-])CCCC[n+]1ccc(-c2ncccn2)cn1. The van der Waals surface area contributed by atoms with Gasteiger partial charge in [0.05, 0.1) is 10.1 Å². The minimum absolute atomic E-state index is 0.330. The van der Waals surface area contributed by atoms with Crippen LogP contribution < -0.4 is 4.68 Å². The molecule has 0 saturated carbocycles. The first-order valence-corrected chi connectivity index (χ1v) is 7.69. The van der Waals surface area contributed by atoms with E-state index in [1.807, 2.05) is 6.07 Å². The summed E-state index contributed by atoms with van der Waals surface area (Å²) in [5, 5.41) is 4.20. The number of aromatic nitrogens is 4. The van der Waals surface area contributed by atoms with E-state index in [4.69, 9.17) is 0 Å². The number of hydrogen-bond acceptors (Lipinski definition) is 6. The summed E-state index contributed by atoms with van der Waals surface area (Å²) in [6.45, 7) is 0.561. The minimum Gasteiger partial charge on any atom is -0.748 e. The van der Waals surface area contributed by atoms with Crippen LogP contribution >= 0.6 is 0 Å². The van der Waals surface area contributed by atoms with Crippen LogP contribution in [0.25, 0.3) is 11.4 Å². The number of hydrogen-bond donors (Lipinski definition) is 0. The van der Waals surface area contributed by atoms with Crippen LogP contribution in [0.3, 0.4) is 0 Å². The number of unbranched alkanes of at least 4 members (excludes halogenated alkanes) is 1. The fraction of sp³-hybridized carbons (Fsp3) is 0.333. The monoisotopic (exact) mass is 294 g/mol. The Morgan fingerprint density at radius 2 is 1.95 bits per heavy atom. The normalized spacial score (nSPS) is 11.4. The van der Waals surface area contributed by atoms with Gasteiger partial charge >= 0.3 is 0 Å². The Bertz CT molecular complexity index is 644. The molecule has 2 heterocycles. The number of rotatable bonds is 6. The van der Waals surface area contributed by atoms with Crippen LogP contribution in [0.4, 0.5) is 0 Å². The Morgan fingerprint density at radius 1 is 1.20 bits per heavy atom. The lowest BCUT2D eigenvalue weighted by Gasteiger charge is -2.04. The Hall–Kier alpha value is -1.93. The van der Waals surface area contributed by atoms with Crippen molar-refractivity contribution in [2.75, 3.05) is 5.75 Å². The van der Waals surface area contributed by atoms with E-state index in [1.54, 1.807) is 35.5 Å². The van der Waals surface area contributed by atoms with Crippen molar-refractivity contribution < 1.29 is 17.7 Å². The van der Waals surface area contributed by atoms with E-state index in [9.17, 15) is 13.0 Å². The predicted octanol–water partition coefficient (Wildman–Crippen LogP) is 0.151. The molecule has 0 spiro atoms. The second-order valence-electron chi connectivity index (χ2n) is 4.22. The van der Waals surface area contributed by atoms with Gasteiger partial charge in [-0.15, -0.1) is 0 Å². The maximum atomic E-state index is 10.5. The molecule has 20 heavy (non-hydrogen) atoms. The van der Waals surface area contributed by atoms with E-state index in [1.165, 1.54) is 0 Å². The summed E-state index contributed by atoms with van der Waals surface area (Å²) in [5.41, 5.74) is 0.809. The summed E-state index contributed by atoms with van der Waals surface area (Å²) >= 11 is 0. The third kappa shape index (κ3) is 4.63. The van der Waals surface area contributed by atoms with E-state index in [0.717, 1.165) is 5.56 Å². The second kappa shape index (κ2) is 6.49. The smallest absolute Gasteiger partial charge is 0.197 e. The summed E-state index contributed by atoms with van der Waals surface area (Å²) in [5.74, 6) is 0.272. The van der Waals surface area contributed by atoms with Gasteiger partial charge in [-0.1, -0.05) is 4.68 Å². The van der Waals surface area contributed by atoms with Gasteiger partial charge in [0.2, 0.25) is 0 Å². The molecule has 0 fully saturated rings. The first-order valence-electron chi connectivity index (χ1n) is 6.11. The van der Waals surface area contributed by atoms with Crippen LogP contribution in [0, 0.1) is 0 Å². The predicted molar refractivity (Wildman–Crippen MR) is 69.3 cm³/mol. The van der Waals surface area contributed by atoms with Gasteiger partial charge in [-0.3, -0.25) is 0 Å². The zero-order valence-corrected chi connectivity index (χ0v) is 11.5. The maximum absolute atomic E-state index is 10.5. The summed E-state index contributed by atoms with van der Waals surface area (Å²) in [7, 11) is -4.12. The van der Waals surface area contributed by atoms with Crippen LogP contribution in [-0.2, 0) is 16.7 Å². The molecule has 106 valence electrons. The lowest BCUT2D eigenvalue weighted by molar-refractivity contribution is -0.754. The van der Waals surface area contributed by atoms with Gasteiger partial charge < -0.3 is 4.55 Å². The van der Waals surface area contributed by atoms with Crippen molar-refractivity contribution in [2.45, 2.75) is 19.4 Å². The van der Waals surface area contributed by atoms with Gasteiger partial charge in [0.25, 0.3) is 0 Å². The fourth-order valence-electron chi connectivity index (χ4n) is 1.65. The zero-order chi connectivity index (χ0) is 14.4. The molecule has 0 aliphatic carbocycles. The van der Waals surface area contributed by atoms with Crippen molar-refractivity contribution >= 4 is 10.1 Å². The average Bonchev–Trinajstić information content (AvgIpc) is 2.44. The molecule has 2 aromatic heterocycles. The third-order valence-corrected chi connectivity index (χ3v) is 3.42. The maximum Gasteiger partial charge on any atom is 0.197 e. The third-order valence-electron chi connectivity index (χ3n) is 2.63. The highest BCUT2D eigenvalue weighted by Crippen LogP contribution is 2.09. The van der Waals surface area contributed by atoms with Crippen LogP contribution in [0.1, 0.15) is 12.8 Å². The standard InChI is InChI=1S/C12H14N4O3S/c17-20(18,19)9-2-1-7-16-8-4-11(10-15-16)12-13-5-3-6-14-12/h3-6,8,10H,1-2,7,9H2. The molecule has 0 aromatic carbocycles. The van der Waals surface area contributed by atoms with Crippen molar-refractivity contribution in [3.63, 3.8) is 0 Å². The fourth-order valence-corrected chi connectivity index (χ4v) is 2.21. The van der Waals surface area contributed by atoms with Crippen LogP contribution in [0.15, 0.2) is 36.9 Å². The Kier molecular flexibility index (Phi) is 4.70. The summed E-state index contributed by atoms with van der Waals surface area (Å²) in [6.07, 6.45) is 7.67. The van der Waals surface area contributed by atoms with Crippen molar-refractivity contribution in [1.82, 2.24) is 15.1 Å². The molecule has 8 heteroatoms. The van der Waals surface area contributed by atoms with E-state index in [0.29, 0.717) is 25.2 Å². The summed E-state index contributed by atoms with van der Waals surface area (Å²) in [4.78, 5) is 8.24. The van der Waals surface area contributed by atoms with Crippen molar-refractivity contribution in [3.05, 3.63) is 36.9 Å². The average molecular weight is 294 g/mol. The highest BCUT2D eigenvalue weighted by Gasteiger charge is 2.06. The number of nitrogens with zero attached hydrogens (tertiary/aromatic N) is 4. The minimum atomic E-state index is -4.12. The van der Waals surface area contributed by atoms with Crippen molar-refractivity contribution in [1.29, 1.82) is 0 Å². The molecule has 0 radical (unpaired) electrons. The largest absolute Gasteiger partial charge is 0.748 e. The van der Waals surface area contributed by atoms with Gasteiger partial charge in [-0.25, -0.2) is 18.4 Å². The highest BCUT2D eigenvalue weighted by atomic mass is 32.2. The van der Waals surface area contributed by atoms with Gasteiger partial charge in [-0.05, 0) is 17.6 Å². The quantitative estimate of drug-likeness (QED) is 0.427. The lowest BCUT2D eigenvalue weighted by Crippen LogP contribution is -2.37. The second-order valence-corrected chi connectivity index (χ2v) is 5.74. The van der Waals surface area contributed by atoms with Gasteiger partial charge in [0.1, 0.15) is 6.20 Å². The summed E-state index contributed by atoms with van der Waals surface area (Å²) in [6, 6.07) is 3.58. The van der Waals surface area contributed by atoms with Crippen molar-refractivity contribution in [2.24, 2.45) is 0 Å². The molecular formula is C12H14N4O3S. The molecule has 2 aromatic rings. The molecule has 0 N–H and O–H groups in total. The lowest BCUT2D eigenvalue weighted by atomic mass is 10.3. The van der Waals surface area contributed by atoms with Crippen LogP contribution in [0.2, 0.25) is 0 Å². The topological polar surface area (TPSA) is 99.8 Å². The first-order chi connectivity index (χ1) is 9.54. The molecule has 0 atom stereocenters. The molecule has 0 aliphatic heterocycles. The van der Waals surface area contributed by atoms with E-state index < -0.39 is 10.1 Å². The van der Waals surface area contributed by atoms with Gasteiger partial charge in [0, 0.05) is 36.2 Å². The van der Waals surface area contributed by atoms with Crippen LogP contribution in [-0.4, -0.2) is 33.8 Å². The Morgan fingerprint density at radius 3 is 2.55 bits per heavy atom.